The highest BCUT2D eigenvalue weighted by molar-refractivity contribution is 5.44. The zero-order valence-corrected chi connectivity index (χ0v) is 12.8. The maximum Gasteiger partial charge on any atom is 0.125 e. The van der Waals surface area contributed by atoms with Crippen LogP contribution in [0, 0.1) is 12.3 Å². The predicted octanol–water partition coefficient (Wildman–Crippen LogP) is 1.63. The highest BCUT2D eigenvalue weighted by atomic mass is 16.5. The summed E-state index contributed by atoms with van der Waals surface area (Å²) < 4.78 is 5.85. The molecule has 0 radical (unpaired) electrons. The van der Waals surface area contributed by atoms with Crippen molar-refractivity contribution in [3.8, 4) is 5.75 Å². The minimum absolute atomic E-state index is 0.0678. The zero-order valence-electron chi connectivity index (χ0n) is 12.8. The average Bonchev–Trinajstić information content (AvgIpc) is 2.41. The molecule has 0 heterocycles. The van der Waals surface area contributed by atoms with Crippen LogP contribution in [0.15, 0.2) is 18.2 Å². The summed E-state index contributed by atoms with van der Waals surface area (Å²) in [4.78, 5) is 0. The lowest BCUT2D eigenvalue weighted by molar-refractivity contribution is -0.0263. The van der Waals surface area contributed by atoms with Crippen LogP contribution in [0.2, 0.25) is 0 Å². The second-order valence-corrected chi connectivity index (χ2v) is 6.46. The van der Waals surface area contributed by atoms with E-state index < -0.39 is 5.41 Å². The summed E-state index contributed by atoms with van der Waals surface area (Å²) in [6, 6.07) is 5.96. The summed E-state index contributed by atoms with van der Waals surface area (Å²) in [5, 5.41) is 28.1. The highest BCUT2D eigenvalue weighted by Gasteiger charge is 2.30. The summed E-state index contributed by atoms with van der Waals surface area (Å²) in [5.74, 6) is 0.764. The van der Waals surface area contributed by atoms with Gasteiger partial charge in [-0.1, -0.05) is 39.0 Å². The second kappa shape index (κ2) is 6.57. The fourth-order valence-electron chi connectivity index (χ4n) is 1.95. The molecule has 1 aromatic carbocycles. The number of hydrogen-bond acceptors (Lipinski definition) is 4. The van der Waals surface area contributed by atoms with Crippen molar-refractivity contribution < 1.29 is 20.1 Å². The predicted molar refractivity (Wildman–Crippen MR) is 79.1 cm³/mol. The molecule has 0 amide bonds. The molecule has 0 aromatic heterocycles. The van der Waals surface area contributed by atoms with E-state index >= 15 is 0 Å². The van der Waals surface area contributed by atoms with Crippen LogP contribution in [0.1, 0.15) is 31.9 Å². The Hall–Kier alpha value is -1.10. The molecule has 0 fully saturated rings. The Labute approximate surface area is 121 Å². The molecule has 4 heteroatoms. The fourth-order valence-corrected chi connectivity index (χ4v) is 1.95. The van der Waals surface area contributed by atoms with Crippen LogP contribution >= 0.6 is 0 Å². The van der Waals surface area contributed by atoms with E-state index in [2.05, 4.69) is 20.8 Å². The number of ether oxygens (including phenoxy) is 1. The van der Waals surface area contributed by atoms with Crippen LogP contribution in [-0.4, -0.2) is 41.7 Å². The van der Waals surface area contributed by atoms with Gasteiger partial charge in [0.15, 0.2) is 0 Å². The Balaban J connectivity index is 3.04. The van der Waals surface area contributed by atoms with E-state index in [4.69, 9.17) is 4.74 Å². The molecule has 1 aromatic rings. The molecule has 20 heavy (non-hydrogen) atoms. The Morgan fingerprint density at radius 3 is 2.00 bits per heavy atom. The maximum atomic E-state index is 9.35. The largest absolute Gasteiger partial charge is 0.492 e. The third kappa shape index (κ3) is 3.72. The molecule has 0 saturated carbocycles. The minimum Gasteiger partial charge on any atom is -0.492 e. The Morgan fingerprint density at radius 1 is 1.00 bits per heavy atom. The maximum absolute atomic E-state index is 9.35. The van der Waals surface area contributed by atoms with E-state index in [1.165, 1.54) is 0 Å². The molecule has 114 valence electrons. The van der Waals surface area contributed by atoms with Crippen molar-refractivity contribution >= 4 is 0 Å². The van der Waals surface area contributed by atoms with Gasteiger partial charge in [0.25, 0.3) is 0 Å². The summed E-state index contributed by atoms with van der Waals surface area (Å²) in [6.45, 7) is 7.38. The van der Waals surface area contributed by atoms with Crippen LogP contribution in [-0.2, 0) is 5.41 Å². The van der Waals surface area contributed by atoms with Gasteiger partial charge < -0.3 is 20.1 Å². The standard InChI is InChI=1S/C16H26O4/c1-12-6-5-7-13(15(2,3)4)14(12)20-11-16(8-17,9-18)10-19/h5-7,17-19H,8-11H2,1-4H3. The van der Waals surface area contributed by atoms with Crippen LogP contribution in [0.25, 0.3) is 0 Å². The summed E-state index contributed by atoms with van der Waals surface area (Å²) in [7, 11) is 0. The molecule has 0 spiro atoms. The van der Waals surface area contributed by atoms with Gasteiger partial charge in [0.1, 0.15) is 12.4 Å². The Morgan fingerprint density at radius 2 is 1.55 bits per heavy atom. The van der Waals surface area contributed by atoms with Crippen molar-refractivity contribution in [2.24, 2.45) is 5.41 Å². The van der Waals surface area contributed by atoms with Gasteiger partial charge in [-0.2, -0.15) is 0 Å². The van der Waals surface area contributed by atoms with E-state index in [0.29, 0.717) is 0 Å². The number of aliphatic hydroxyl groups excluding tert-OH is 3. The molecule has 0 bridgehead atoms. The summed E-state index contributed by atoms with van der Waals surface area (Å²) in [5.41, 5.74) is 0.986. The zero-order chi connectivity index (χ0) is 15.4. The van der Waals surface area contributed by atoms with Crippen molar-refractivity contribution in [3.63, 3.8) is 0 Å². The third-order valence-electron chi connectivity index (χ3n) is 3.55. The molecule has 0 atom stereocenters. The SMILES string of the molecule is Cc1cccc(C(C)(C)C)c1OCC(CO)(CO)CO. The minimum atomic E-state index is -1.02. The molecule has 0 saturated heterocycles. The van der Waals surface area contributed by atoms with Gasteiger partial charge in [0.2, 0.25) is 0 Å². The first kappa shape index (κ1) is 17.0. The molecule has 4 nitrogen and oxygen atoms in total. The van der Waals surface area contributed by atoms with E-state index in [0.717, 1.165) is 16.9 Å². The lowest BCUT2D eigenvalue weighted by Crippen LogP contribution is -2.40. The molecule has 1 rings (SSSR count). The smallest absolute Gasteiger partial charge is 0.125 e. The number of para-hydroxylation sites is 1. The van der Waals surface area contributed by atoms with E-state index in [1.54, 1.807) is 0 Å². The van der Waals surface area contributed by atoms with Crippen molar-refractivity contribution in [3.05, 3.63) is 29.3 Å². The van der Waals surface area contributed by atoms with Gasteiger partial charge >= 0.3 is 0 Å². The molecular formula is C16H26O4. The Bertz CT molecular complexity index is 422. The molecule has 0 aliphatic carbocycles. The van der Waals surface area contributed by atoms with Gasteiger partial charge in [-0.15, -0.1) is 0 Å². The van der Waals surface area contributed by atoms with Crippen molar-refractivity contribution in [1.82, 2.24) is 0 Å². The fraction of sp³-hybridized carbons (Fsp3) is 0.625. The first-order chi connectivity index (χ1) is 9.29. The third-order valence-corrected chi connectivity index (χ3v) is 3.55. The van der Waals surface area contributed by atoms with Gasteiger partial charge in [-0.3, -0.25) is 0 Å². The number of rotatable bonds is 6. The van der Waals surface area contributed by atoms with E-state index in [9.17, 15) is 15.3 Å². The number of benzene rings is 1. The molecule has 0 aliphatic rings. The van der Waals surface area contributed by atoms with Gasteiger partial charge in [0.05, 0.1) is 25.2 Å². The number of hydrogen-bond donors (Lipinski definition) is 3. The summed E-state index contributed by atoms with van der Waals surface area (Å²) in [6.07, 6.45) is 0. The first-order valence-corrected chi connectivity index (χ1v) is 6.85. The molecule has 0 aliphatic heterocycles. The number of aryl methyl sites for hydroxylation is 1. The monoisotopic (exact) mass is 282 g/mol. The normalized spacial score (nSPS) is 12.6. The lowest BCUT2D eigenvalue weighted by atomic mass is 9.85. The van der Waals surface area contributed by atoms with Crippen molar-refractivity contribution in [2.75, 3.05) is 26.4 Å². The average molecular weight is 282 g/mol. The van der Waals surface area contributed by atoms with Crippen LogP contribution < -0.4 is 4.74 Å². The molecular weight excluding hydrogens is 256 g/mol. The summed E-state index contributed by atoms with van der Waals surface area (Å²) >= 11 is 0. The van der Waals surface area contributed by atoms with Gasteiger partial charge in [-0.25, -0.2) is 0 Å². The van der Waals surface area contributed by atoms with E-state index in [1.807, 2.05) is 25.1 Å². The van der Waals surface area contributed by atoms with Crippen molar-refractivity contribution in [1.29, 1.82) is 0 Å². The van der Waals surface area contributed by atoms with E-state index in [-0.39, 0.29) is 31.8 Å². The first-order valence-electron chi connectivity index (χ1n) is 6.85. The highest BCUT2D eigenvalue weighted by Crippen LogP contribution is 2.34. The second-order valence-electron chi connectivity index (χ2n) is 6.46. The van der Waals surface area contributed by atoms with Crippen LogP contribution in [0.4, 0.5) is 0 Å². The van der Waals surface area contributed by atoms with Gasteiger partial charge in [0, 0.05) is 0 Å². The topological polar surface area (TPSA) is 69.9 Å². The Kier molecular flexibility index (Phi) is 5.57. The van der Waals surface area contributed by atoms with Crippen LogP contribution in [0.5, 0.6) is 5.75 Å². The molecule has 3 N–H and O–H groups in total. The number of aliphatic hydroxyl groups is 3. The quantitative estimate of drug-likeness (QED) is 0.742. The molecule has 0 unspecified atom stereocenters. The van der Waals surface area contributed by atoms with Crippen LogP contribution in [0.3, 0.4) is 0 Å². The lowest BCUT2D eigenvalue weighted by Gasteiger charge is -2.30. The van der Waals surface area contributed by atoms with Gasteiger partial charge in [-0.05, 0) is 23.5 Å². The van der Waals surface area contributed by atoms with Crippen molar-refractivity contribution in [2.45, 2.75) is 33.1 Å².